The van der Waals surface area contributed by atoms with Gasteiger partial charge in [0.05, 0.1) is 11.7 Å². The van der Waals surface area contributed by atoms with E-state index in [0.717, 1.165) is 21.9 Å². The van der Waals surface area contributed by atoms with E-state index in [1.807, 2.05) is 24.3 Å². The van der Waals surface area contributed by atoms with Crippen LogP contribution in [0.5, 0.6) is 5.88 Å². The highest BCUT2D eigenvalue weighted by Gasteiger charge is 2.06. The van der Waals surface area contributed by atoms with Crippen LogP contribution in [0.25, 0.3) is 0 Å². The van der Waals surface area contributed by atoms with E-state index in [4.69, 9.17) is 4.74 Å². The molecular weight excluding hydrogens is 318 g/mol. The first-order valence-electron chi connectivity index (χ1n) is 5.32. The molecule has 1 unspecified atom stereocenters. The summed E-state index contributed by atoms with van der Waals surface area (Å²) < 4.78 is 14.0. The minimum Gasteiger partial charge on any atom is -0.473 e. The average molecular weight is 330 g/mol. The summed E-state index contributed by atoms with van der Waals surface area (Å²) >= 11 is 4.44. The fraction of sp³-hybridized carbons (Fsp3) is 0.273. The number of aromatic nitrogens is 2. The molecule has 0 aliphatic rings. The number of rotatable bonds is 6. The number of benzene rings is 1. The molecule has 2 aromatic rings. The quantitative estimate of drug-likeness (QED) is 0.850. The van der Waals surface area contributed by atoms with E-state index in [0.29, 0.717) is 12.4 Å². The highest BCUT2D eigenvalue weighted by atomic mass is 79.9. The first kappa shape index (κ1) is 13.3. The third-order valence-electron chi connectivity index (χ3n) is 2.15. The summed E-state index contributed by atoms with van der Waals surface area (Å²) in [7, 11) is 0. The fourth-order valence-corrected chi connectivity index (χ4v) is 1.89. The smallest absolute Gasteiger partial charge is 0.245 e. The van der Waals surface area contributed by atoms with Crippen molar-refractivity contribution >= 4 is 33.3 Å². The summed E-state index contributed by atoms with van der Waals surface area (Å²) in [4.78, 5) is 0. The summed E-state index contributed by atoms with van der Waals surface area (Å²) in [6.45, 7) is 0.605. The first-order chi connectivity index (χ1) is 8.74. The van der Waals surface area contributed by atoms with Gasteiger partial charge in [-0.3, -0.25) is 0 Å². The molecule has 7 heteroatoms. The molecule has 2 N–H and O–H groups in total. The Hall–Kier alpha value is -1.18. The SMILES string of the molecule is OC(CNc1ccc(Br)cc1)COc1cnsn1. The predicted octanol–water partition coefficient (Wildman–Crippen LogP) is 2.15. The van der Waals surface area contributed by atoms with Gasteiger partial charge in [0.25, 0.3) is 0 Å². The minimum atomic E-state index is -0.602. The van der Waals surface area contributed by atoms with Crippen LogP contribution >= 0.6 is 27.7 Å². The largest absolute Gasteiger partial charge is 0.473 e. The van der Waals surface area contributed by atoms with Crippen molar-refractivity contribution in [3.8, 4) is 5.88 Å². The van der Waals surface area contributed by atoms with Gasteiger partial charge in [0.15, 0.2) is 0 Å². The maximum atomic E-state index is 9.72. The van der Waals surface area contributed by atoms with E-state index >= 15 is 0 Å². The molecule has 1 aromatic carbocycles. The number of nitrogens with zero attached hydrogens (tertiary/aromatic N) is 2. The van der Waals surface area contributed by atoms with Gasteiger partial charge in [0.1, 0.15) is 18.9 Å². The molecule has 18 heavy (non-hydrogen) atoms. The average Bonchev–Trinajstić information content (AvgIpc) is 2.89. The highest BCUT2D eigenvalue weighted by Crippen LogP contribution is 2.14. The molecule has 0 spiro atoms. The second kappa shape index (κ2) is 6.67. The van der Waals surface area contributed by atoms with Crippen LogP contribution in [0.2, 0.25) is 0 Å². The summed E-state index contributed by atoms with van der Waals surface area (Å²) in [5.41, 5.74) is 0.951. The van der Waals surface area contributed by atoms with E-state index < -0.39 is 6.10 Å². The van der Waals surface area contributed by atoms with Crippen molar-refractivity contribution in [2.45, 2.75) is 6.10 Å². The Kier molecular flexibility index (Phi) is 4.91. The van der Waals surface area contributed by atoms with Gasteiger partial charge in [0.2, 0.25) is 5.88 Å². The number of hydrogen-bond acceptors (Lipinski definition) is 6. The van der Waals surface area contributed by atoms with E-state index in [-0.39, 0.29) is 6.61 Å². The molecule has 0 bridgehead atoms. The van der Waals surface area contributed by atoms with Crippen molar-refractivity contribution in [3.63, 3.8) is 0 Å². The van der Waals surface area contributed by atoms with Crippen LogP contribution in [0.3, 0.4) is 0 Å². The molecule has 0 saturated heterocycles. The lowest BCUT2D eigenvalue weighted by Crippen LogP contribution is -2.26. The second-order valence-corrected chi connectivity index (χ2v) is 5.07. The third kappa shape index (κ3) is 4.25. The Bertz CT molecular complexity index is 464. The molecule has 1 atom stereocenters. The van der Waals surface area contributed by atoms with E-state index in [2.05, 4.69) is 30.0 Å². The minimum absolute atomic E-state index is 0.189. The third-order valence-corrected chi connectivity index (χ3v) is 3.14. The summed E-state index contributed by atoms with van der Waals surface area (Å²) in [5, 5.41) is 12.8. The molecule has 0 aliphatic carbocycles. The summed E-state index contributed by atoms with van der Waals surface area (Å²) in [6.07, 6.45) is 0.926. The van der Waals surface area contributed by atoms with Crippen LogP contribution < -0.4 is 10.1 Å². The number of halogens is 1. The highest BCUT2D eigenvalue weighted by molar-refractivity contribution is 9.10. The van der Waals surface area contributed by atoms with Crippen molar-refractivity contribution in [1.29, 1.82) is 0 Å². The van der Waals surface area contributed by atoms with Gasteiger partial charge in [-0.15, -0.1) is 4.37 Å². The molecule has 2 rings (SSSR count). The molecule has 5 nitrogen and oxygen atoms in total. The zero-order chi connectivity index (χ0) is 12.8. The Morgan fingerprint density at radius 3 is 2.83 bits per heavy atom. The lowest BCUT2D eigenvalue weighted by atomic mass is 10.3. The van der Waals surface area contributed by atoms with Crippen LogP contribution in [0.4, 0.5) is 5.69 Å². The van der Waals surface area contributed by atoms with E-state index in [1.165, 1.54) is 6.20 Å². The van der Waals surface area contributed by atoms with Crippen molar-refractivity contribution in [3.05, 3.63) is 34.9 Å². The van der Waals surface area contributed by atoms with E-state index in [9.17, 15) is 5.11 Å². The molecule has 96 valence electrons. The van der Waals surface area contributed by atoms with Gasteiger partial charge in [-0.2, -0.15) is 4.37 Å². The van der Waals surface area contributed by atoms with Crippen molar-refractivity contribution in [2.24, 2.45) is 0 Å². The summed E-state index contributed by atoms with van der Waals surface area (Å²) in [6, 6.07) is 7.74. The Morgan fingerprint density at radius 1 is 1.39 bits per heavy atom. The van der Waals surface area contributed by atoms with Gasteiger partial charge in [-0.25, -0.2) is 0 Å². The standard InChI is InChI=1S/C11H12BrN3O2S/c12-8-1-3-9(4-2-8)13-5-10(16)7-17-11-6-14-18-15-11/h1-4,6,10,13,16H,5,7H2. The van der Waals surface area contributed by atoms with Crippen LogP contribution in [-0.2, 0) is 0 Å². The Morgan fingerprint density at radius 2 is 2.17 bits per heavy atom. The Labute approximate surface area is 117 Å². The molecule has 0 saturated carbocycles. The lowest BCUT2D eigenvalue weighted by Gasteiger charge is -2.12. The monoisotopic (exact) mass is 329 g/mol. The fourth-order valence-electron chi connectivity index (χ4n) is 1.26. The van der Waals surface area contributed by atoms with Gasteiger partial charge in [-0.05, 0) is 24.3 Å². The van der Waals surface area contributed by atoms with Crippen molar-refractivity contribution in [1.82, 2.24) is 8.75 Å². The maximum Gasteiger partial charge on any atom is 0.245 e. The maximum absolute atomic E-state index is 9.72. The van der Waals surface area contributed by atoms with E-state index in [1.54, 1.807) is 0 Å². The zero-order valence-corrected chi connectivity index (χ0v) is 11.8. The summed E-state index contributed by atoms with van der Waals surface area (Å²) in [5.74, 6) is 0.447. The second-order valence-electron chi connectivity index (χ2n) is 3.60. The normalized spacial score (nSPS) is 12.1. The Balaban J connectivity index is 1.71. The van der Waals surface area contributed by atoms with Crippen molar-refractivity contribution in [2.75, 3.05) is 18.5 Å². The predicted molar refractivity (Wildman–Crippen MR) is 74.0 cm³/mol. The van der Waals surface area contributed by atoms with Gasteiger partial charge in [-0.1, -0.05) is 15.9 Å². The zero-order valence-electron chi connectivity index (χ0n) is 9.41. The van der Waals surface area contributed by atoms with Crippen molar-refractivity contribution < 1.29 is 9.84 Å². The number of ether oxygens (including phenoxy) is 1. The molecule has 0 fully saturated rings. The number of aliphatic hydroxyl groups is 1. The van der Waals surface area contributed by atoms with Gasteiger partial charge >= 0.3 is 0 Å². The lowest BCUT2D eigenvalue weighted by molar-refractivity contribution is 0.115. The number of nitrogens with one attached hydrogen (secondary N) is 1. The number of anilines is 1. The molecule has 0 radical (unpaired) electrons. The number of aliphatic hydroxyl groups excluding tert-OH is 1. The molecule has 0 aliphatic heterocycles. The molecule has 1 heterocycles. The number of hydrogen-bond donors (Lipinski definition) is 2. The molecule has 0 amide bonds. The van der Waals surface area contributed by atoms with Crippen LogP contribution in [0, 0.1) is 0 Å². The van der Waals surface area contributed by atoms with Gasteiger partial charge < -0.3 is 15.2 Å². The molecular formula is C11H12BrN3O2S. The molecule has 1 aromatic heterocycles. The van der Waals surface area contributed by atoms with Crippen LogP contribution in [-0.4, -0.2) is 33.1 Å². The van der Waals surface area contributed by atoms with Crippen LogP contribution in [0.15, 0.2) is 34.9 Å². The topological polar surface area (TPSA) is 67.3 Å². The van der Waals surface area contributed by atoms with Gasteiger partial charge in [0, 0.05) is 16.7 Å². The first-order valence-corrected chi connectivity index (χ1v) is 6.84. The van der Waals surface area contributed by atoms with Crippen LogP contribution in [0.1, 0.15) is 0 Å².